The average Bonchev–Trinajstić information content (AvgIpc) is 3.48. The van der Waals surface area contributed by atoms with E-state index in [1.807, 2.05) is 0 Å². The second-order valence-corrected chi connectivity index (χ2v) is 11.2. The van der Waals surface area contributed by atoms with Crippen LogP contribution in [0.4, 0.5) is 0 Å². The molecule has 0 spiro atoms. The lowest BCUT2D eigenvalue weighted by Crippen LogP contribution is -2.61. The monoisotopic (exact) mass is 584 g/mol. The number of aliphatic hydroxyl groups is 6. The van der Waals surface area contributed by atoms with Crippen LogP contribution in [0.3, 0.4) is 0 Å². The Hall–Kier alpha value is -2.37. The van der Waals surface area contributed by atoms with Crippen molar-refractivity contribution in [3.63, 3.8) is 0 Å². The number of ether oxygens (including phenoxy) is 6. The first kappa shape index (κ1) is 30.1. The van der Waals surface area contributed by atoms with E-state index in [-0.39, 0.29) is 18.5 Å². The lowest BCUT2D eigenvalue weighted by atomic mass is 9.94. The smallest absolute Gasteiger partial charge is 0.196 e. The van der Waals surface area contributed by atoms with Crippen LogP contribution >= 0.6 is 0 Å². The molecule has 0 radical (unpaired) electrons. The van der Waals surface area contributed by atoms with Crippen LogP contribution in [0.2, 0.25) is 0 Å². The van der Waals surface area contributed by atoms with Gasteiger partial charge < -0.3 is 63.5 Å². The molecule has 0 aliphatic carbocycles. The van der Waals surface area contributed by atoms with E-state index in [0.29, 0.717) is 33.8 Å². The number of benzene rings is 1. The van der Waals surface area contributed by atoms with Crippen molar-refractivity contribution in [1.82, 2.24) is 0 Å². The van der Waals surface area contributed by atoms with E-state index in [4.69, 9.17) is 32.8 Å². The number of rotatable bonds is 8. The van der Waals surface area contributed by atoms with Gasteiger partial charge in [0.15, 0.2) is 18.0 Å². The minimum Gasteiger partial charge on any atom is -0.495 e. The third-order valence-corrected chi connectivity index (χ3v) is 7.89. The molecule has 228 valence electrons. The zero-order valence-electron chi connectivity index (χ0n) is 23.1. The Labute approximate surface area is 234 Å². The predicted octanol–water partition coefficient (Wildman–Crippen LogP) is -1.53. The van der Waals surface area contributed by atoms with Crippen LogP contribution in [0.15, 0.2) is 21.3 Å². The lowest BCUT2D eigenvalue weighted by molar-refractivity contribution is -0.335. The Morgan fingerprint density at radius 3 is 2.49 bits per heavy atom. The van der Waals surface area contributed by atoms with Crippen molar-refractivity contribution in [3.05, 3.63) is 33.7 Å². The molecule has 3 aliphatic heterocycles. The van der Waals surface area contributed by atoms with E-state index < -0.39 is 73.6 Å². The summed E-state index contributed by atoms with van der Waals surface area (Å²) >= 11 is 0. The summed E-state index contributed by atoms with van der Waals surface area (Å²) in [5.41, 5.74) is -2.35. The highest BCUT2D eigenvalue weighted by molar-refractivity contribution is 5.87. The molecule has 2 saturated heterocycles. The Balaban J connectivity index is 1.30. The molecule has 0 saturated carbocycles. The first-order chi connectivity index (χ1) is 19.3. The minimum atomic E-state index is -1.91. The molecule has 1 aromatic heterocycles. The van der Waals surface area contributed by atoms with E-state index in [1.54, 1.807) is 26.8 Å². The van der Waals surface area contributed by atoms with Gasteiger partial charge in [-0.25, -0.2) is 0 Å². The molecule has 0 bridgehead atoms. The SMILES string of the molecule is COc1c2c(cc3oc(C)cc(=O)c13)O[C@@H](C(C)(C)O[C@H]1O[C@@H](CO[C@H]3OC[C@@](O)(CO)[C@@H]3O)[C@H](O)[C@@H](O)[C@@H]1O)C2. The number of methoxy groups -OCH3 is 1. The van der Waals surface area contributed by atoms with Crippen LogP contribution in [-0.4, -0.2) is 118 Å². The van der Waals surface area contributed by atoms with Gasteiger partial charge in [-0.1, -0.05) is 0 Å². The summed E-state index contributed by atoms with van der Waals surface area (Å²) < 4.78 is 40.0. The van der Waals surface area contributed by atoms with Gasteiger partial charge in [0.2, 0.25) is 0 Å². The molecule has 6 N–H and O–H groups in total. The predicted molar refractivity (Wildman–Crippen MR) is 137 cm³/mol. The highest BCUT2D eigenvalue weighted by Gasteiger charge is 2.51. The second-order valence-electron chi connectivity index (χ2n) is 11.2. The lowest BCUT2D eigenvalue weighted by Gasteiger charge is -2.44. The summed E-state index contributed by atoms with van der Waals surface area (Å²) in [4.78, 5) is 12.7. The third-order valence-electron chi connectivity index (χ3n) is 7.89. The first-order valence-electron chi connectivity index (χ1n) is 13.2. The van der Waals surface area contributed by atoms with E-state index in [9.17, 15) is 35.4 Å². The van der Waals surface area contributed by atoms with Crippen molar-refractivity contribution < 1.29 is 63.5 Å². The van der Waals surface area contributed by atoms with Crippen LogP contribution in [-0.2, 0) is 25.4 Å². The van der Waals surface area contributed by atoms with Gasteiger partial charge in [-0.3, -0.25) is 4.79 Å². The van der Waals surface area contributed by atoms with E-state index in [2.05, 4.69) is 0 Å². The molecule has 41 heavy (non-hydrogen) atoms. The van der Waals surface area contributed by atoms with Crippen molar-refractivity contribution in [2.24, 2.45) is 0 Å². The van der Waals surface area contributed by atoms with E-state index >= 15 is 0 Å². The van der Waals surface area contributed by atoms with Crippen molar-refractivity contribution in [3.8, 4) is 11.5 Å². The van der Waals surface area contributed by atoms with Gasteiger partial charge in [-0.05, 0) is 20.8 Å². The van der Waals surface area contributed by atoms with Crippen LogP contribution in [0, 0.1) is 6.92 Å². The average molecular weight is 585 g/mol. The fourth-order valence-electron chi connectivity index (χ4n) is 5.37. The highest BCUT2D eigenvalue weighted by atomic mass is 16.7. The number of hydrogen-bond acceptors (Lipinski definition) is 14. The highest BCUT2D eigenvalue weighted by Crippen LogP contribution is 2.44. The summed E-state index contributed by atoms with van der Waals surface area (Å²) in [5, 5.41) is 61.6. The van der Waals surface area contributed by atoms with Crippen LogP contribution < -0.4 is 14.9 Å². The van der Waals surface area contributed by atoms with Gasteiger partial charge in [0, 0.05) is 24.1 Å². The van der Waals surface area contributed by atoms with Crippen LogP contribution in [0.25, 0.3) is 11.0 Å². The minimum absolute atomic E-state index is 0.251. The molecule has 2 aromatic rings. The molecular weight excluding hydrogens is 548 g/mol. The summed E-state index contributed by atoms with van der Waals surface area (Å²) in [6.45, 7) is 3.51. The van der Waals surface area contributed by atoms with Crippen molar-refractivity contribution in [1.29, 1.82) is 0 Å². The Kier molecular flexibility index (Phi) is 8.10. The third kappa shape index (κ3) is 5.33. The van der Waals surface area contributed by atoms with Gasteiger partial charge in [0.1, 0.15) is 76.1 Å². The zero-order valence-corrected chi connectivity index (χ0v) is 23.1. The summed E-state index contributed by atoms with van der Waals surface area (Å²) in [6.07, 6.45) is -10.8. The number of aliphatic hydroxyl groups excluding tert-OH is 5. The summed E-state index contributed by atoms with van der Waals surface area (Å²) in [6, 6.07) is 3.00. The first-order valence-corrected chi connectivity index (χ1v) is 13.2. The van der Waals surface area contributed by atoms with E-state index in [1.165, 1.54) is 13.2 Å². The largest absolute Gasteiger partial charge is 0.495 e. The van der Waals surface area contributed by atoms with Gasteiger partial charge in [0.05, 0.1) is 26.9 Å². The standard InChI is InChI=1S/C27H36O14/c1-11-5-13(29)18-15(38-11)7-14-12(22(18)35-4)6-17(39-14)26(2,3)41-24-21(32)20(31)19(30)16(40-24)8-36-25-23(33)27(34,9-28)10-37-25/h5,7,16-17,19-21,23-25,28,30-34H,6,8-10H2,1-4H3/t16-,17+,19-,20+,21-,23+,24+,25-,27-/m0/s1. The Bertz CT molecular complexity index is 1330. The molecule has 14 nitrogen and oxygen atoms in total. The van der Waals surface area contributed by atoms with Crippen molar-refractivity contribution >= 4 is 11.0 Å². The Morgan fingerprint density at radius 1 is 1.10 bits per heavy atom. The van der Waals surface area contributed by atoms with Gasteiger partial charge >= 0.3 is 0 Å². The molecule has 3 aliphatic rings. The van der Waals surface area contributed by atoms with Crippen LogP contribution in [0.1, 0.15) is 25.2 Å². The van der Waals surface area contributed by atoms with E-state index in [0.717, 1.165) is 0 Å². The van der Waals surface area contributed by atoms with Crippen molar-refractivity contribution in [2.45, 2.75) is 87.6 Å². The zero-order chi connectivity index (χ0) is 29.9. The fourth-order valence-corrected chi connectivity index (χ4v) is 5.37. The molecule has 14 heteroatoms. The molecule has 1 aromatic carbocycles. The summed E-state index contributed by atoms with van der Waals surface area (Å²) in [7, 11) is 1.45. The molecule has 4 heterocycles. The summed E-state index contributed by atoms with van der Waals surface area (Å²) in [5.74, 6) is 1.21. The molecule has 5 rings (SSSR count). The maximum Gasteiger partial charge on any atom is 0.196 e. The van der Waals surface area contributed by atoms with Gasteiger partial charge in [-0.2, -0.15) is 0 Å². The molecule has 9 atom stereocenters. The van der Waals surface area contributed by atoms with Gasteiger partial charge in [0.25, 0.3) is 0 Å². The molecule has 0 unspecified atom stereocenters. The topological polar surface area (TPSA) is 207 Å². The quantitative estimate of drug-likeness (QED) is 0.208. The normalized spacial score (nSPS) is 35.5. The molecule has 2 fully saturated rings. The van der Waals surface area contributed by atoms with Crippen molar-refractivity contribution in [2.75, 3.05) is 26.9 Å². The maximum atomic E-state index is 12.7. The molecule has 0 amide bonds. The van der Waals surface area contributed by atoms with Gasteiger partial charge in [-0.15, -0.1) is 0 Å². The second kappa shape index (κ2) is 11.0. The fraction of sp³-hybridized carbons (Fsp3) is 0.667. The Morgan fingerprint density at radius 2 is 1.83 bits per heavy atom. The number of fused-ring (bicyclic) bond motifs is 2. The van der Waals surface area contributed by atoms with Crippen LogP contribution in [0.5, 0.6) is 11.5 Å². The molecular formula is C27H36O14. The maximum absolute atomic E-state index is 12.7. The number of aryl methyl sites for hydroxylation is 1. The number of hydrogen-bond donors (Lipinski definition) is 6.